The van der Waals surface area contributed by atoms with Crippen molar-refractivity contribution in [1.29, 1.82) is 0 Å². The number of benzene rings is 1. The van der Waals surface area contributed by atoms with E-state index < -0.39 is 0 Å². The Labute approximate surface area is 151 Å². The highest BCUT2D eigenvalue weighted by molar-refractivity contribution is 6.31. The predicted molar refractivity (Wildman–Crippen MR) is 96.4 cm³/mol. The number of anilines is 1. The van der Waals surface area contributed by atoms with E-state index in [0.717, 1.165) is 25.9 Å². The van der Waals surface area contributed by atoms with Gasteiger partial charge in [0.1, 0.15) is 5.75 Å². The van der Waals surface area contributed by atoms with Crippen molar-refractivity contribution >= 4 is 35.6 Å². The third-order valence-electron chi connectivity index (χ3n) is 4.00. The summed E-state index contributed by atoms with van der Waals surface area (Å²) in [7, 11) is 0. The lowest BCUT2D eigenvalue weighted by Crippen LogP contribution is -2.32. The summed E-state index contributed by atoms with van der Waals surface area (Å²) < 4.78 is 1.82. The number of carbonyl (C=O) groups is 1. The Morgan fingerprint density at radius 1 is 1.50 bits per heavy atom. The first-order chi connectivity index (χ1) is 11.0. The number of phenols is 1. The number of hydrogen-bond acceptors (Lipinski definition) is 4. The van der Waals surface area contributed by atoms with E-state index in [9.17, 15) is 9.90 Å². The molecule has 24 heavy (non-hydrogen) atoms. The van der Waals surface area contributed by atoms with Crippen LogP contribution in [-0.2, 0) is 0 Å². The third-order valence-corrected chi connectivity index (χ3v) is 4.22. The highest BCUT2D eigenvalue weighted by atomic mass is 35.5. The number of piperidine rings is 1. The van der Waals surface area contributed by atoms with Gasteiger partial charge in [0.15, 0.2) is 5.69 Å². The van der Waals surface area contributed by atoms with Crippen LogP contribution in [0.5, 0.6) is 5.75 Å². The Morgan fingerprint density at radius 3 is 3.00 bits per heavy atom. The number of halogens is 2. The molecule has 130 valence electrons. The summed E-state index contributed by atoms with van der Waals surface area (Å²) >= 11 is 5.97. The van der Waals surface area contributed by atoms with Crippen LogP contribution in [0.2, 0.25) is 5.02 Å². The Kier molecular flexibility index (Phi) is 6.10. The van der Waals surface area contributed by atoms with Crippen molar-refractivity contribution in [2.45, 2.75) is 25.8 Å². The maximum absolute atomic E-state index is 12.3. The fraction of sp³-hybridized carbons (Fsp3) is 0.375. The van der Waals surface area contributed by atoms with Gasteiger partial charge in [0.25, 0.3) is 5.91 Å². The molecule has 1 aromatic carbocycles. The molecule has 3 rings (SSSR count). The number of aromatic hydroxyl groups is 1. The number of nitrogens with zero attached hydrogens (tertiary/aromatic N) is 2. The van der Waals surface area contributed by atoms with Crippen molar-refractivity contribution in [3.63, 3.8) is 0 Å². The van der Waals surface area contributed by atoms with Gasteiger partial charge >= 0.3 is 0 Å². The molecule has 8 heteroatoms. The molecule has 1 saturated heterocycles. The maximum Gasteiger partial charge on any atom is 0.276 e. The minimum absolute atomic E-state index is 0. The van der Waals surface area contributed by atoms with Crippen LogP contribution in [-0.4, -0.2) is 33.9 Å². The topological polar surface area (TPSA) is 79.2 Å². The molecule has 1 aliphatic rings. The average Bonchev–Trinajstić information content (AvgIpc) is 3.03. The zero-order valence-corrected chi connectivity index (χ0v) is 14.8. The van der Waals surface area contributed by atoms with Gasteiger partial charge in [0.05, 0.1) is 11.7 Å². The van der Waals surface area contributed by atoms with Crippen molar-refractivity contribution in [2.24, 2.45) is 0 Å². The minimum atomic E-state index is -0.371. The summed E-state index contributed by atoms with van der Waals surface area (Å²) in [6.45, 7) is 3.61. The summed E-state index contributed by atoms with van der Waals surface area (Å²) in [4.78, 5) is 12.3. The van der Waals surface area contributed by atoms with Gasteiger partial charge in [-0.3, -0.25) is 9.48 Å². The fourth-order valence-corrected chi connectivity index (χ4v) is 3.01. The minimum Gasteiger partial charge on any atom is -0.505 e. The monoisotopic (exact) mass is 370 g/mol. The fourth-order valence-electron chi connectivity index (χ4n) is 2.74. The van der Waals surface area contributed by atoms with Crippen molar-refractivity contribution in [3.05, 3.63) is 40.7 Å². The number of amides is 1. The van der Waals surface area contributed by atoms with Gasteiger partial charge in [0, 0.05) is 17.8 Å². The Balaban J connectivity index is 0.00000208. The summed E-state index contributed by atoms with van der Waals surface area (Å²) in [6, 6.07) is 5.10. The van der Waals surface area contributed by atoms with E-state index in [1.54, 1.807) is 19.1 Å². The average molecular weight is 371 g/mol. The molecule has 2 aromatic rings. The number of rotatable bonds is 3. The van der Waals surface area contributed by atoms with Crippen LogP contribution < -0.4 is 10.6 Å². The van der Waals surface area contributed by atoms with Gasteiger partial charge in [-0.1, -0.05) is 11.6 Å². The van der Waals surface area contributed by atoms with Crippen LogP contribution in [0.3, 0.4) is 0 Å². The van der Waals surface area contributed by atoms with Crippen molar-refractivity contribution < 1.29 is 9.90 Å². The molecule has 0 spiro atoms. The van der Waals surface area contributed by atoms with Crippen molar-refractivity contribution in [2.75, 3.05) is 18.4 Å². The summed E-state index contributed by atoms with van der Waals surface area (Å²) in [5.41, 5.74) is 1.20. The SMILES string of the molecule is Cc1cc(Cl)cc(NC(=O)c2ccn(C3CCCNC3)n2)c1O.Cl. The van der Waals surface area contributed by atoms with Crippen LogP contribution in [0.1, 0.15) is 34.9 Å². The van der Waals surface area contributed by atoms with Gasteiger partial charge in [-0.15, -0.1) is 12.4 Å². The molecule has 2 heterocycles. The van der Waals surface area contributed by atoms with E-state index in [1.807, 2.05) is 10.9 Å². The molecular formula is C16H20Cl2N4O2. The number of aromatic nitrogens is 2. The molecule has 3 N–H and O–H groups in total. The second-order valence-corrected chi connectivity index (χ2v) is 6.19. The molecule has 0 bridgehead atoms. The number of carbonyl (C=O) groups excluding carboxylic acids is 1. The van der Waals surface area contributed by atoms with Gasteiger partial charge in [-0.2, -0.15) is 5.10 Å². The van der Waals surface area contributed by atoms with Gasteiger partial charge in [0.2, 0.25) is 0 Å². The number of phenolic OH excluding ortho intramolecular Hbond substituents is 1. The smallest absolute Gasteiger partial charge is 0.276 e. The molecule has 0 radical (unpaired) electrons. The van der Waals surface area contributed by atoms with E-state index in [-0.39, 0.29) is 35.8 Å². The number of hydrogen-bond donors (Lipinski definition) is 3. The molecule has 1 aliphatic heterocycles. The van der Waals surface area contributed by atoms with Gasteiger partial charge < -0.3 is 15.7 Å². The Morgan fingerprint density at radius 2 is 2.29 bits per heavy atom. The molecule has 1 unspecified atom stereocenters. The maximum atomic E-state index is 12.3. The molecule has 1 amide bonds. The van der Waals surface area contributed by atoms with Crippen molar-refractivity contribution in [1.82, 2.24) is 15.1 Å². The zero-order valence-electron chi connectivity index (χ0n) is 13.3. The molecule has 1 fully saturated rings. The van der Waals surface area contributed by atoms with Crippen LogP contribution in [0, 0.1) is 6.92 Å². The largest absolute Gasteiger partial charge is 0.505 e. The summed E-state index contributed by atoms with van der Waals surface area (Å²) in [5.74, 6) is -0.358. The summed E-state index contributed by atoms with van der Waals surface area (Å²) in [5, 5.41) is 20.8. The molecule has 0 aliphatic carbocycles. The third kappa shape index (κ3) is 4.01. The quantitative estimate of drug-likeness (QED) is 0.725. The van der Waals surface area contributed by atoms with Crippen LogP contribution in [0.15, 0.2) is 24.4 Å². The summed E-state index contributed by atoms with van der Waals surface area (Å²) in [6.07, 6.45) is 3.96. The van der Waals surface area contributed by atoms with Gasteiger partial charge in [-0.25, -0.2) is 0 Å². The normalized spacial score (nSPS) is 17.2. The Bertz CT molecular complexity index is 727. The highest BCUT2D eigenvalue weighted by Gasteiger charge is 2.18. The predicted octanol–water partition coefficient (Wildman–Crippen LogP) is 3.15. The molecule has 6 nitrogen and oxygen atoms in total. The van der Waals surface area contributed by atoms with Crippen LogP contribution >= 0.6 is 24.0 Å². The molecule has 0 saturated carbocycles. The highest BCUT2D eigenvalue weighted by Crippen LogP contribution is 2.31. The first-order valence-corrected chi connectivity index (χ1v) is 7.98. The van der Waals surface area contributed by atoms with Crippen LogP contribution in [0.4, 0.5) is 5.69 Å². The zero-order chi connectivity index (χ0) is 16.4. The van der Waals surface area contributed by atoms with E-state index in [0.29, 0.717) is 16.3 Å². The van der Waals surface area contributed by atoms with E-state index in [1.165, 1.54) is 6.07 Å². The van der Waals surface area contributed by atoms with E-state index in [4.69, 9.17) is 11.6 Å². The standard InChI is InChI=1S/C16H19ClN4O2.ClH/c1-10-7-11(17)8-14(15(10)22)19-16(23)13-4-6-21(20-13)12-3-2-5-18-9-12;/h4,6-8,12,18,22H,2-3,5,9H2,1H3,(H,19,23);1H. The van der Waals surface area contributed by atoms with Gasteiger partial charge in [-0.05, 0) is 50.1 Å². The van der Waals surface area contributed by atoms with Crippen molar-refractivity contribution in [3.8, 4) is 5.75 Å². The lowest BCUT2D eigenvalue weighted by Gasteiger charge is -2.22. The Hall–Kier alpha value is -1.76. The number of nitrogens with one attached hydrogen (secondary N) is 2. The lowest BCUT2D eigenvalue weighted by atomic mass is 10.1. The number of aryl methyl sites for hydroxylation is 1. The first kappa shape index (κ1) is 18.6. The molecular weight excluding hydrogens is 351 g/mol. The second-order valence-electron chi connectivity index (χ2n) is 5.75. The van der Waals surface area contributed by atoms with E-state index >= 15 is 0 Å². The first-order valence-electron chi connectivity index (χ1n) is 7.61. The van der Waals surface area contributed by atoms with Crippen LogP contribution in [0.25, 0.3) is 0 Å². The lowest BCUT2D eigenvalue weighted by molar-refractivity contribution is 0.102. The van der Waals surface area contributed by atoms with E-state index in [2.05, 4.69) is 15.7 Å². The molecule has 1 atom stereocenters. The molecule has 1 aromatic heterocycles. The second kappa shape index (κ2) is 7.88.